The molecule has 0 radical (unpaired) electrons. The first-order valence-corrected chi connectivity index (χ1v) is 8.95. The quantitative estimate of drug-likeness (QED) is 0.592. The van der Waals surface area contributed by atoms with Crippen molar-refractivity contribution in [3.8, 4) is 17.1 Å². The molecule has 140 valence electrons. The molecule has 3 aromatic rings. The van der Waals surface area contributed by atoms with Gasteiger partial charge >= 0.3 is 5.97 Å². The van der Waals surface area contributed by atoms with Crippen molar-refractivity contribution in [2.24, 2.45) is 0 Å². The van der Waals surface area contributed by atoms with Crippen LogP contribution >= 0.6 is 11.6 Å². The Morgan fingerprint density at radius 1 is 1.19 bits per heavy atom. The van der Waals surface area contributed by atoms with Crippen LogP contribution in [-0.4, -0.2) is 18.7 Å². The smallest absolute Gasteiger partial charge is 0.347 e. The topological polar surface area (TPSA) is 65.7 Å². The van der Waals surface area contributed by atoms with Crippen molar-refractivity contribution in [2.75, 3.05) is 6.61 Å². The number of aryl methyl sites for hydroxylation is 1. The van der Waals surface area contributed by atoms with E-state index < -0.39 is 12.1 Å². The first-order chi connectivity index (χ1) is 12.9. The van der Waals surface area contributed by atoms with Crippen LogP contribution in [0.4, 0.5) is 0 Å². The van der Waals surface area contributed by atoms with Crippen molar-refractivity contribution in [1.29, 1.82) is 0 Å². The molecule has 3 rings (SSSR count). The summed E-state index contributed by atoms with van der Waals surface area (Å²) in [6.07, 6.45) is -0.957. The summed E-state index contributed by atoms with van der Waals surface area (Å²) in [5.41, 5.74) is 1.62. The Bertz CT molecular complexity index is 1040. The van der Waals surface area contributed by atoms with Crippen LogP contribution in [0.3, 0.4) is 0 Å². The number of halogens is 1. The average molecular weight is 387 g/mol. The van der Waals surface area contributed by atoms with Crippen LogP contribution in [0.15, 0.2) is 51.7 Å². The Balaban J connectivity index is 2.19. The number of ether oxygens (including phenoxy) is 2. The van der Waals surface area contributed by atoms with Gasteiger partial charge in [-0.15, -0.1) is 0 Å². The van der Waals surface area contributed by atoms with Gasteiger partial charge in [-0.05, 0) is 57.2 Å². The largest absolute Gasteiger partial charge is 0.471 e. The standard InChI is InChI=1S/C21H19ClO5/c1-4-25-21(24)13(3)26-20-18(23)16-11-12(2)5-10-17(16)27-19(20)14-6-8-15(22)9-7-14/h5-11,13H,4H2,1-3H3/t13-/m0/s1. The molecule has 0 spiro atoms. The third-order valence-electron chi connectivity index (χ3n) is 4.02. The van der Waals surface area contributed by atoms with Crippen LogP contribution < -0.4 is 10.2 Å². The average Bonchev–Trinajstić information content (AvgIpc) is 2.65. The second kappa shape index (κ2) is 7.84. The minimum absolute atomic E-state index is 0.0315. The molecule has 1 aromatic heterocycles. The first kappa shape index (κ1) is 19.0. The number of carbonyl (C=O) groups excluding carboxylic acids is 1. The van der Waals surface area contributed by atoms with E-state index in [0.717, 1.165) is 5.56 Å². The molecule has 0 amide bonds. The summed E-state index contributed by atoms with van der Waals surface area (Å²) in [7, 11) is 0. The van der Waals surface area contributed by atoms with Crippen LogP contribution in [0.1, 0.15) is 19.4 Å². The molecule has 0 saturated heterocycles. The Labute approximate surface area is 161 Å². The highest BCUT2D eigenvalue weighted by Crippen LogP contribution is 2.32. The van der Waals surface area contributed by atoms with E-state index in [-0.39, 0.29) is 23.5 Å². The van der Waals surface area contributed by atoms with Gasteiger partial charge in [0, 0.05) is 10.6 Å². The lowest BCUT2D eigenvalue weighted by Gasteiger charge is -2.16. The predicted octanol–water partition coefficient (Wildman–Crippen LogP) is 4.75. The molecule has 0 aliphatic rings. The van der Waals surface area contributed by atoms with Gasteiger partial charge in [-0.2, -0.15) is 0 Å². The van der Waals surface area contributed by atoms with Gasteiger partial charge in [0.2, 0.25) is 11.2 Å². The van der Waals surface area contributed by atoms with E-state index in [0.29, 0.717) is 21.6 Å². The first-order valence-electron chi connectivity index (χ1n) is 8.57. The zero-order chi connectivity index (χ0) is 19.6. The van der Waals surface area contributed by atoms with Crippen molar-refractivity contribution in [2.45, 2.75) is 26.9 Å². The summed E-state index contributed by atoms with van der Waals surface area (Å²) in [5, 5.41) is 0.943. The minimum Gasteiger partial charge on any atom is -0.471 e. The van der Waals surface area contributed by atoms with Crippen LogP contribution in [0.2, 0.25) is 5.02 Å². The van der Waals surface area contributed by atoms with Crippen molar-refractivity contribution >= 4 is 28.5 Å². The molecule has 0 unspecified atom stereocenters. The lowest BCUT2D eigenvalue weighted by molar-refractivity contribution is -0.150. The summed E-state index contributed by atoms with van der Waals surface area (Å²) >= 11 is 5.96. The molecule has 0 aliphatic carbocycles. The molecule has 0 aliphatic heterocycles. The molecule has 1 heterocycles. The Morgan fingerprint density at radius 2 is 1.89 bits per heavy atom. The molecule has 0 N–H and O–H groups in total. The number of hydrogen-bond acceptors (Lipinski definition) is 5. The molecule has 6 heteroatoms. The maximum Gasteiger partial charge on any atom is 0.347 e. The van der Waals surface area contributed by atoms with E-state index in [1.54, 1.807) is 43.3 Å². The van der Waals surface area contributed by atoms with Crippen LogP contribution in [0, 0.1) is 6.92 Å². The molecule has 2 aromatic carbocycles. The van der Waals surface area contributed by atoms with Crippen LogP contribution in [-0.2, 0) is 9.53 Å². The number of benzene rings is 2. The third kappa shape index (κ3) is 3.98. The van der Waals surface area contributed by atoms with Gasteiger partial charge in [-0.1, -0.05) is 23.2 Å². The molecular weight excluding hydrogens is 368 g/mol. The fraction of sp³-hybridized carbons (Fsp3) is 0.238. The molecule has 27 heavy (non-hydrogen) atoms. The van der Waals surface area contributed by atoms with E-state index in [9.17, 15) is 9.59 Å². The zero-order valence-electron chi connectivity index (χ0n) is 15.2. The van der Waals surface area contributed by atoms with E-state index in [1.165, 1.54) is 6.92 Å². The monoisotopic (exact) mass is 386 g/mol. The number of rotatable bonds is 5. The van der Waals surface area contributed by atoms with E-state index in [4.69, 9.17) is 25.5 Å². The number of fused-ring (bicyclic) bond motifs is 1. The van der Waals surface area contributed by atoms with Gasteiger partial charge in [0.1, 0.15) is 5.58 Å². The van der Waals surface area contributed by atoms with Crippen molar-refractivity contribution in [3.63, 3.8) is 0 Å². The second-order valence-electron chi connectivity index (χ2n) is 6.11. The molecular formula is C21H19ClO5. The summed E-state index contributed by atoms with van der Waals surface area (Å²) in [4.78, 5) is 25.1. The Morgan fingerprint density at radius 3 is 2.56 bits per heavy atom. The van der Waals surface area contributed by atoms with Gasteiger partial charge in [0.05, 0.1) is 12.0 Å². The normalized spacial score (nSPS) is 12.0. The lowest BCUT2D eigenvalue weighted by Crippen LogP contribution is -2.28. The van der Waals surface area contributed by atoms with Crippen molar-refractivity contribution < 1.29 is 18.7 Å². The second-order valence-corrected chi connectivity index (χ2v) is 6.54. The van der Waals surface area contributed by atoms with E-state index in [2.05, 4.69) is 0 Å². The zero-order valence-corrected chi connectivity index (χ0v) is 16.0. The highest BCUT2D eigenvalue weighted by atomic mass is 35.5. The fourth-order valence-corrected chi connectivity index (χ4v) is 2.80. The summed E-state index contributed by atoms with van der Waals surface area (Å²) in [5.74, 6) is -0.344. The van der Waals surface area contributed by atoms with E-state index in [1.807, 2.05) is 13.0 Å². The van der Waals surface area contributed by atoms with E-state index >= 15 is 0 Å². The van der Waals surface area contributed by atoms with Gasteiger partial charge in [0.15, 0.2) is 11.9 Å². The summed E-state index contributed by atoms with van der Waals surface area (Å²) in [6, 6.07) is 12.2. The highest BCUT2D eigenvalue weighted by Gasteiger charge is 2.23. The van der Waals surface area contributed by atoms with Gasteiger partial charge in [-0.25, -0.2) is 4.79 Å². The minimum atomic E-state index is -0.957. The maximum absolute atomic E-state index is 13.1. The predicted molar refractivity (Wildman–Crippen MR) is 104 cm³/mol. The van der Waals surface area contributed by atoms with Crippen molar-refractivity contribution in [3.05, 3.63) is 63.3 Å². The number of hydrogen-bond donors (Lipinski definition) is 0. The van der Waals surface area contributed by atoms with Crippen LogP contribution in [0.5, 0.6) is 5.75 Å². The Hall–Kier alpha value is -2.79. The highest BCUT2D eigenvalue weighted by molar-refractivity contribution is 6.30. The maximum atomic E-state index is 13.1. The van der Waals surface area contributed by atoms with Crippen molar-refractivity contribution in [1.82, 2.24) is 0 Å². The lowest BCUT2D eigenvalue weighted by atomic mass is 10.1. The van der Waals surface area contributed by atoms with Gasteiger partial charge in [0.25, 0.3) is 0 Å². The molecule has 0 saturated carbocycles. The van der Waals surface area contributed by atoms with Gasteiger partial charge in [-0.3, -0.25) is 4.79 Å². The molecule has 5 nitrogen and oxygen atoms in total. The van der Waals surface area contributed by atoms with Crippen LogP contribution in [0.25, 0.3) is 22.3 Å². The Kier molecular flexibility index (Phi) is 5.51. The third-order valence-corrected chi connectivity index (χ3v) is 4.28. The SMILES string of the molecule is CCOC(=O)[C@H](C)Oc1c(-c2ccc(Cl)cc2)oc2ccc(C)cc2c1=O. The summed E-state index contributed by atoms with van der Waals surface area (Å²) < 4.78 is 16.7. The molecule has 0 bridgehead atoms. The fourth-order valence-electron chi connectivity index (χ4n) is 2.67. The summed E-state index contributed by atoms with van der Waals surface area (Å²) in [6.45, 7) is 5.34. The van der Waals surface area contributed by atoms with Gasteiger partial charge < -0.3 is 13.9 Å². The molecule has 1 atom stereocenters. The number of esters is 1. The number of carbonyl (C=O) groups is 1. The molecule has 0 fully saturated rings.